The van der Waals surface area contributed by atoms with E-state index in [0.29, 0.717) is 23.2 Å². The van der Waals surface area contributed by atoms with Gasteiger partial charge in [0.2, 0.25) is 11.8 Å². The monoisotopic (exact) mass is 411 g/mol. The highest BCUT2D eigenvalue weighted by Gasteiger charge is 2.37. The summed E-state index contributed by atoms with van der Waals surface area (Å²) in [5, 5.41) is 2.96. The van der Waals surface area contributed by atoms with Crippen LogP contribution < -0.4 is 10.1 Å². The Kier molecular flexibility index (Phi) is 6.59. The molecule has 1 N–H and O–H groups in total. The van der Waals surface area contributed by atoms with Crippen molar-refractivity contribution in [3.8, 4) is 5.75 Å². The molecule has 0 aromatic heterocycles. The number of nitrogens with zero attached hydrogens (tertiary/aromatic N) is 2. The second-order valence-electron chi connectivity index (χ2n) is 6.88. The van der Waals surface area contributed by atoms with Gasteiger partial charge in [-0.2, -0.15) is 0 Å². The molecule has 2 aromatic carbocycles. The van der Waals surface area contributed by atoms with Crippen LogP contribution in [0.15, 0.2) is 47.5 Å². The Labute approximate surface area is 175 Å². The molecule has 152 valence electrons. The van der Waals surface area contributed by atoms with Crippen molar-refractivity contribution < 1.29 is 14.3 Å². The smallest absolute Gasteiger partial charge is 0.242 e. The number of rotatable bonds is 6. The summed E-state index contributed by atoms with van der Waals surface area (Å²) in [6, 6.07) is 13.1. The maximum absolute atomic E-state index is 12.6. The molecule has 1 fully saturated rings. The second kappa shape index (κ2) is 9.13. The van der Waals surface area contributed by atoms with Crippen molar-refractivity contribution in [1.29, 1.82) is 0 Å². The van der Waals surface area contributed by atoms with E-state index >= 15 is 0 Å². The van der Waals surface area contributed by atoms with Crippen LogP contribution in [0.25, 0.3) is 0 Å². The van der Waals surface area contributed by atoms with E-state index in [1.165, 1.54) is 22.2 Å². The number of ether oxygens (including phenoxy) is 1. The lowest BCUT2D eigenvalue weighted by atomic mass is 10.1. The zero-order valence-corrected chi connectivity index (χ0v) is 17.9. The van der Waals surface area contributed by atoms with E-state index in [-0.39, 0.29) is 18.2 Å². The lowest BCUT2D eigenvalue weighted by Crippen LogP contribution is -2.30. The SMILES string of the molecule is CCOc1cccc(NC(=O)C[C@@H]2SC(=Nc3ccc(C)c(C)c3)N(C)C2=O)c1. The maximum atomic E-state index is 12.6. The minimum absolute atomic E-state index is 0.0820. The molecule has 3 rings (SSSR count). The number of amides is 2. The molecule has 1 atom stereocenters. The molecule has 0 saturated carbocycles. The minimum Gasteiger partial charge on any atom is -0.494 e. The normalized spacial score (nSPS) is 17.7. The van der Waals surface area contributed by atoms with Crippen molar-refractivity contribution in [1.82, 2.24) is 4.90 Å². The Morgan fingerprint density at radius 2 is 2.00 bits per heavy atom. The predicted molar refractivity (Wildman–Crippen MR) is 118 cm³/mol. The Hall–Kier alpha value is -2.80. The molecule has 2 aromatic rings. The van der Waals surface area contributed by atoms with E-state index < -0.39 is 5.25 Å². The summed E-state index contributed by atoms with van der Waals surface area (Å²) >= 11 is 1.32. The summed E-state index contributed by atoms with van der Waals surface area (Å²) in [6.45, 7) is 6.54. The molecule has 0 aliphatic carbocycles. The number of carbonyl (C=O) groups is 2. The van der Waals surface area contributed by atoms with E-state index in [9.17, 15) is 9.59 Å². The van der Waals surface area contributed by atoms with E-state index in [0.717, 1.165) is 11.3 Å². The van der Waals surface area contributed by atoms with Gasteiger partial charge in [0, 0.05) is 25.2 Å². The van der Waals surface area contributed by atoms with Crippen LogP contribution in [0, 0.1) is 13.8 Å². The first-order valence-corrected chi connectivity index (χ1v) is 10.4. The third kappa shape index (κ3) is 5.17. The molecule has 1 aliphatic rings. The summed E-state index contributed by atoms with van der Waals surface area (Å²) in [7, 11) is 1.69. The van der Waals surface area contributed by atoms with Gasteiger partial charge in [0.1, 0.15) is 11.0 Å². The summed E-state index contributed by atoms with van der Waals surface area (Å²) in [5.74, 6) is 0.361. The number of amidine groups is 1. The fourth-order valence-corrected chi connectivity index (χ4v) is 4.07. The fraction of sp³-hybridized carbons (Fsp3) is 0.318. The van der Waals surface area contributed by atoms with Gasteiger partial charge >= 0.3 is 0 Å². The summed E-state index contributed by atoms with van der Waals surface area (Å²) in [6.07, 6.45) is 0.0820. The van der Waals surface area contributed by atoms with E-state index in [2.05, 4.69) is 10.3 Å². The van der Waals surface area contributed by atoms with Gasteiger partial charge in [-0.1, -0.05) is 23.9 Å². The summed E-state index contributed by atoms with van der Waals surface area (Å²) in [5.41, 5.74) is 3.79. The van der Waals surface area contributed by atoms with Crippen LogP contribution in [0.1, 0.15) is 24.5 Å². The topological polar surface area (TPSA) is 71.0 Å². The molecule has 29 heavy (non-hydrogen) atoms. The Bertz CT molecular complexity index is 958. The van der Waals surface area contributed by atoms with Gasteiger partial charge in [-0.25, -0.2) is 4.99 Å². The third-order valence-corrected chi connectivity index (χ3v) is 5.88. The second-order valence-corrected chi connectivity index (χ2v) is 8.05. The minimum atomic E-state index is -0.486. The first kappa shape index (κ1) is 20.9. The van der Waals surface area contributed by atoms with Crippen LogP contribution >= 0.6 is 11.8 Å². The molecule has 0 unspecified atom stereocenters. The van der Waals surface area contributed by atoms with Crippen molar-refractivity contribution in [3.63, 3.8) is 0 Å². The average molecular weight is 412 g/mol. The molecule has 7 heteroatoms. The van der Waals surface area contributed by atoms with Gasteiger partial charge < -0.3 is 10.1 Å². The summed E-state index contributed by atoms with van der Waals surface area (Å²) in [4.78, 5) is 31.2. The van der Waals surface area contributed by atoms with Crippen molar-refractivity contribution in [2.75, 3.05) is 19.0 Å². The van der Waals surface area contributed by atoms with Crippen molar-refractivity contribution in [2.24, 2.45) is 4.99 Å². The first-order chi connectivity index (χ1) is 13.9. The number of aliphatic imine (C=N–C) groups is 1. The number of hydrogen-bond donors (Lipinski definition) is 1. The van der Waals surface area contributed by atoms with Gasteiger partial charge in [-0.05, 0) is 56.2 Å². The van der Waals surface area contributed by atoms with Gasteiger partial charge in [-0.3, -0.25) is 14.5 Å². The highest BCUT2D eigenvalue weighted by molar-refractivity contribution is 8.15. The van der Waals surface area contributed by atoms with Crippen molar-refractivity contribution >= 4 is 40.1 Å². The number of thioether (sulfide) groups is 1. The van der Waals surface area contributed by atoms with Crippen molar-refractivity contribution in [2.45, 2.75) is 32.4 Å². The molecule has 2 amide bonds. The maximum Gasteiger partial charge on any atom is 0.242 e. The Balaban J connectivity index is 1.66. The van der Waals surface area contributed by atoms with E-state index in [4.69, 9.17) is 4.74 Å². The van der Waals surface area contributed by atoms with Gasteiger partial charge in [0.15, 0.2) is 5.17 Å². The lowest BCUT2D eigenvalue weighted by molar-refractivity contribution is -0.127. The standard InChI is InChI=1S/C22H25N3O3S/c1-5-28-18-8-6-7-16(12-18)23-20(26)13-19-21(27)25(4)22(29-19)24-17-10-9-14(2)15(3)11-17/h6-12,19H,5,13H2,1-4H3,(H,23,26)/t19-/m0/s1. The number of aryl methyl sites for hydroxylation is 2. The van der Waals surface area contributed by atoms with Crippen molar-refractivity contribution in [3.05, 3.63) is 53.6 Å². The van der Waals surface area contributed by atoms with Crippen LogP contribution in [0.2, 0.25) is 0 Å². The zero-order valence-electron chi connectivity index (χ0n) is 17.1. The van der Waals surface area contributed by atoms with Gasteiger partial charge in [-0.15, -0.1) is 0 Å². The molecule has 0 radical (unpaired) electrons. The zero-order chi connectivity index (χ0) is 21.0. The fourth-order valence-electron chi connectivity index (χ4n) is 2.91. The van der Waals surface area contributed by atoms with E-state index in [1.807, 2.05) is 51.1 Å². The quantitative estimate of drug-likeness (QED) is 0.770. The highest BCUT2D eigenvalue weighted by atomic mass is 32.2. The molecule has 1 heterocycles. The number of anilines is 1. The summed E-state index contributed by atoms with van der Waals surface area (Å²) < 4.78 is 5.45. The average Bonchev–Trinajstić information content (AvgIpc) is 2.93. The van der Waals surface area contributed by atoms with Crippen LogP contribution in [0.3, 0.4) is 0 Å². The largest absolute Gasteiger partial charge is 0.494 e. The lowest BCUT2D eigenvalue weighted by Gasteiger charge is -2.10. The number of nitrogens with one attached hydrogen (secondary N) is 1. The number of carbonyl (C=O) groups excluding carboxylic acids is 2. The Morgan fingerprint density at radius 1 is 1.21 bits per heavy atom. The van der Waals surface area contributed by atoms with Crippen LogP contribution in [0.5, 0.6) is 5.75 Å². The molecule has 1 aliphatic heterocycles. The third-order valence-electron chi connectivity index (χ3n) is 4.66. The van der Waals surface area contributed by atoms with Gasteiger partial charge in [0.05, 0.1) is 12.3 Å². The molecular formula is C22H25N3O3S. The highest BCUT2D eigenvalue weighted by Crippen LogP contribution is 2.31. The molecular weight excluding hydrogens is 386 g/mol. The molecule has 6 nitrogen and oxygen atoms in total. The number of hydrogen-bond acceptors (Lipinski definition) is 5. The first-order valence-electron chi connectivity index (χ1n) is 9.50. The van der Waals surface area contributed by atoms with Gasteiger partial charge in [0.25, 0.3) is 0 Å². The molecule has 0 spiro atoms. The van der Waals surface area contributed by atoms with Crippen LogP contribution in [0.4, 0.5) is 11.4 Å². The molecule has 1 saturated heterocycles. The Morgan fingerprint density at radius 3 is 2.72 bits per heavy atom. The molecule has 0 bridgehead atoms. The van der Waals surface area contributed by atoms with Crippen LogP contribution in [-0.2, 0) is 9.59 Å². The van der Waals surface area contributed by atoms with E-state index in [1.54, 1.807) is 19.2 Å². The van der Waals surface area contributed by atoms with Crippen LogP contribution in [-0.4, -0.2) is 40.8 Å². The number of benzene rings is 2. The predicted octanol–water partition coefficient (Wildman–Crippen LogP) is 4.29.